The van der Waals surface area contributed by atoms with Crippen LogP contribution in [0.3, 0.4) is 0 Å². The first-order valence-electron chi connectivity index (χ1n) is 8.39. The Morgan fingerprint density at radius 2 is 1.77 bits per heavy atom. The number of benzene rings is 3. The van der Waals surface area contributed by atoms with Crippen LogP contribution in [0.25, 0.3) is 22.0 Å². The van der Waals surface area contributed by atoms with Crippen LogP contribution < -0.4 is 10.5 Å². The van der Waals surface area contributed by atoms with E-state index in [4.69, 9.17) is 10.5 Å². The molecule has 4 aromatic rings. The summed E-state index contributed by atoms with van der Waals surface area (Å²) >= 11 is 0. The smallest absolute Gasteiger partial charge is 0.250 e. The van der Waals surface area contributed by atoms with Gasteiger partial charge in [0.15, 0.2) is 0 Å². The highest BCUT2D eigenvalue weighted by Gasteiger charge is 2.11. The molecular weight excluding hydrogens is 324 g/mol. The Morgan fingerprint density at radius 3 is 2.58 bits per heavy atom. The second-order valence-electron chi connectivity index (χ2n) is 6.13. The van der Waals surface area contributed by atoms with Crippen LogP contribution in [0, 0.1) is 0 Å². The highest BCUT2D eigenvalue weighted by molar-refractivity contribution is 6.06. The molecule has 0 unspecified atom stereocenters. The highest BCUT2D eigenvalue weighted by Crippen LogP contribution is 2.28. The lowest BCUT2D eigenvalue weighted by atomic mass is 9.99. The van der Waals surface area contributed by atoms with Gasteiger partial charge < -0.3 is 15.5 Å². The summed E-state index contributed by atoms with van der Waals surface area (Å²) in [5, 5.41) is 0.960. The van der Waals surface area contributed by atoms with Crippen LogP contribution in [0.15, 0.2) is 79.0 Å². The Morgan fingerprint density at radius 1 is 0.923 bits per heavy atom. The van der Waals surface area contributed by atoms with Crippen molar-refractivity contribution >= 4 is 16.8 Å². The number of carbonyl (C=O) groups is 1. The van der Waals surface area contributed by atoms with Gasteiger partial charge >= 0.3 is 0 Å². The van der Waals surface area contributed by atoms with Gasteiger partial charge in [0.05, 0.1) is 11.1 Å². The number of primary amides is 1. The van der Waals surface area contributed by atoms with E-state index in [2.05, 4.69) is 17.1 Å². The molecular formula is C22H18N2O2. The molecule has 4 rings (SSSR count). The van der Waals surface area contributed by atoms with Crippen LogP contribution in [-0.2, 0) is 6.61 Å². The zero-order chi connectivity index (χ0) is 17.9. The number of rotatable bonds is 5. The number of fused-ring (bicyclic) bond motifs is 1. The monoisotopic (exact) mass is 342 g/mol. The van der Waals surface area contributed by atoms with E-state index < -0.39 is 5.91 Å². The van der Waals surface area contributed by atoms with Crippen molar-refractivity contribution in [3.05, 3.63) is 90.1 Å². The van der Waals surface area contributed by atoms with E-state index >= 15 is 0 Å². The maximum atomic E-state index is 11.8. The number of nitrogens with two attached hydrogens (primary N) is 1. The summed E-state index contributed by atoms with van der Waals surface area (Å²) < 4.78 is 5.82. The van der Waals surface area contributed by atoms with Gasteiger partial charge in [-0.15, -0.1) is 0 Å². The van der Waals surface area contributed by atoms with Gasteiger partial charge in [0.1, 0.15) is 12.4 Å². The van der Waals surface area contributed by atoms with E-state index in [1.54, 1.807) is 0 Å². The zero-order valence-corrected chi connectivity index (χ0v) is 14.1. The van der Waals surface area contributed by atoms with Crippen LogP contribution in [0.4, 0.5) is 0 Å². The summed E-state index contributed by atoms with van der Waals surface area (Å²) in [5.41, 5.74) is 9.84. The minimum atomic E-state index is -0.442. The Bertz CT molecular complexity index is 1070. The second kappa shape index (κ2) is 6.76. The molecule has 26 heavy (non-hydrogen) atoms. The number of nitrogens with one attached hydrogen (secondary N) is 1. The molecule has 0 aliphatic heterocycles. The number of ether oxygens (including phenoxy) is 1. The normalized spacial score (nSPS) is 10.8. The SMILES string of the molecule is NC(=O)c1cc(-c2cccc(COc3ccccc3)c2)cc2cc[nH]c12. The van der Waals surface area contributed by atoms with E-state index in [9.17, 15) is 4.79 Å². The minimum Gasteiger partial charge on any atom is -0.489 e. The molecule has 0 fully saturated rings. The molecule has 3 N–H and O–H groups in total. The number of hydrogen-bond acceptors (Lipinski definition) is 2. The molecule has 0 saturated carbocycles. The lowest BCUT2D eigenvalue weighted by Crippen LogP contribution is -2.11. The van der Waals surface area contributed by atoms with Gasteiger partial charge in [-0.3, -0.25) is 4.79 Å². The number of aromatic amines is 1. The predicted octanol–water partition coefficient (Wildman–Crippen LogP) is 4.51. The maximum Gasteiger partial charge on any atom is 0.250 e. The predicted molar refractivity (Wildman–Crippen MR) is 103 cm³/mol. The van der Waals surface area contributed by atoms with Gasteiger partial charge in [-0.2, -0.15) is 0 Å². The van der Waals surface area contributed by atoms with Gasteiger partial charge in [0, 0.05) is 11.6 Å². The summed E-state index contributed by atoms with van der Waals surface area (Å²) in [6.07, 6.45) is 1.81. The summed E-state index contributed by atoms with van der Waals surface area (Å²) in [6.45, 7) is 0.479. The largest absolute Gasteiger partial charge is 0.489 e. The molecule has 0 atom stereocenters. The molecule has 0 radical (unpaired) electrons. The minimum absolute atomic E-state index is 0.442. The van der Waals surface area contributed by atoms with Gasteiger partial charge in [-0.1, -0.05) is 36.4 Å². The third kappa shape index (κ3) is 3.17. The van der Waals surface area contributed by atoms with E-state index in [1.165, 1.54) is 0 Å². The van der Waals surface area contributed by atoms with Crippen LogP contribution in [-0.4, -0.2) is 10.9 Å². The van der Waals surface area contributed by atoms with E-state index in [1.807, 2.05) is 66.9 Å². The van der Waals surface area contributed by atoms with Crippen molar-refractivity contribution in [1.29, 1.82) is 0 Å². The summed E-state index contributed by atoms with van der Waals surface area (Å²) in [5.74, 6) is 0.394. The standard InChI is InChI=1S/C22H18N2O2/c23-22(25)20-13-18(12-17-9-10-24-21(17)20)16-6-4-5-15(11-16)14-26-19-7-2-1-3-8-19/h1-13,24H,14H2,(H2,23,25). The lowest BCUT2D eigenvalue weighted by Gasteiger charge is -2.09. The summed E-state index contributed by atoms with van der Waals surface area (Å²) in [4.78, 5) is 14.9. The summed E-state index contributed by atoms with van der Waals surface area (Å²) in [6, 6.07) is 23.6. The van der Waals surface area contributed by atoms with Gasteiger partial charge in [-0.25, -0.2) is 0 Å². The van der Waals surface area contributed by atoms with Gasteiger partial charge in [0.25, 0.3) is 5.91 Å². The van der Waals surface area contributed by atoms with E-state index in [0.717, 1.165) is 33.3 Å². The number of hydrogen-bond donors (Lipinski definition) is 2. The topological polar surface area (TPSA) is 68.1 Å². The van der Waals surface area contributed by atoms with Gasteiger partial charge in [0.2, 0.25) is 0 Å². The van der Waals surface area contributed by atoms with Crippen molar-refractivity contribution in [3.8, 4) is 16.9 Å². The molecule has 0 bridgehead atoms. The Labute approximate surface area is 151 Å². The lowest BCUT2D eigenvalue weighted by molar-refractivity contribution is 0.100. The van der Waals surface area contributed by atoms with E-state index in [-0.39, 0.29) is 0 Å². The zero-order valence-electron chi connectivity index (χ0n) is 14.1. The maximum absolute atomic E-state index is 11.8. The first-order chi connectivity index (χ1) is 12.7. The first-order valence-corrected chi connectivity index (χ1v) is 8.39. The number of carbonyl (C=O) groups excluding carboxylic acids is 1. The molecule has 1 aromatic heterocycles. The fraction of sp³-hybridized carbons (Fsp3) is 0.0455. The van der Waals surface area contributed by atoms with Crippen LogP contribution >= 0.6 is 0 Å². The third-order valence-electron chi connectivity index (χ3n) is 4.33. The van der Waals surface area contributed by atoms with Crippen molar-refractivity contribution in [2.75, 3.05) is 0 Å². The Balaban J connectivity index is 1.66. The summed E-state index contributed by atoms with van der Waals surface area (Å²) in [7, 11) is 0. The van der Waals surface area contributed by atoms with Crippen molar-refractivity contribution in [3.63, 3.8) is 0 Å². The van der Waals surface area contributed by atoms with Gasteiger partial charge in [-0.05, 0) is 53.1 Å². The fourth-order valence-electron chi connectivity index (χ4n) is 3.06. The molecule has 4 nitrogen and oxygen atoms in total. The van der Waals surface area contributed by atoms with E-state index in [0.29, 0.717) is 12.2 Å². The molecule has 128 valence electrons. The Hall–Kier alpha value is -3.53. The first kappa shape index (κ1) is 16.0. The molecule has 3 aromatic carbocycles. The molecule has 4 heteroatoms. The molecule has 0 saturated heterocycles. The van der Waals surface area contributed by atoms with Crippen molar-refractivity contribution in [2.45, 2.75) is 6.61 Å². The number of H-pyrrole nitrogens is 1. The molecule has 0 spiro atoms. The molecule has 0 aliphatic carbocycles. The van der Waals surface area contributed by atoms with Crippen molar-refractivity contribution in [2.24, 2.45) is 5.73 Å². The highest BCUT2D eigenvalue weighted by atomic mass is 16.5. The average Bonchev–Trinajstić information content (AvgIpc) is 3.15. The number of aromatic nitrogens is 1. The van der Waals surface area contributed by atoms with Crippen LogP contribution in [0.2, 0.25) is 0 Å². The Kier molecular flexibility index (Phi) is 4.15. The van der Waals surface area contributed by atoms with Crippen molar-refractivity contribution in [1.82, 2.24) is 4.98 Å². The molecule has 1 heterocycles. The second-order valence-corrected chi connectivity index (χ2v) is 6.13. The number of amides is 1. The van der Waals surface area contributed by atoms with Crippen molar-refractivity contribution < 1.29 is 9.53 Å². The van der Waals surface area contributed by atoms with Crippen LogP contribution in [0.1, 0.15) is 15.9 Å². The third-order valence-corrected chi connectivity index (χ3v) is 4.33. The molecule has 0 aliphatic rings. The van der Waals surface area contributed by atoms with Crippen LogP contribution in [0.5, 0.6) is 5.75 Å². The molecule has 1 amide bonds. The average molecular weight is 342 g/mol. The quantitative estimate of drug-likeness (QED) is 0.560. The number of para-hydroxylation sites is 1. The fourth-order valence-corrected chi connectivity index (χ4v) is 3.06.